The van der Waals surface area contributed by atoms with Gasteiger partial charge >= 0.3 is 0 Å². The van der Waals surface area contributed by atoms with Crippen LogP contribution in [0.5, 0.6) is 0 Å². The Morgan fingerprint density at radius 3 is 2.14 bits per heavy atom. The van der Waals surface area contributed by atoms with Crippen molar-refractivity contribution in [3.63, 3.8) is 0 Å². The van der Waals surface area contributed by atoms with Crippen LogP contribution in [0.4, 0.5) is 11.4 Å². The van der Waals surface area contributed by atoms with Crippen LogP contribution in [0, 0.1) is 27.7 Å². The maximum atomic E-state index is 12.5. The first-order valence-corrected chi connectivity index (χ1v) is 8.16. The van der Waals surface area contributed by atoms with Gasteiger partial charge in [-0.1, -0.05) is 12.1 Å². The van der Waals surface area contributed by atoms with Crippen molar-refractivity contribution in [3.8, 4) is 0 Å². The highest BCUT2D eigenvalue weighted by atomic mass is 32.2. The quantitative estimate of drug-likeness (QED) is 0.855. The van der Waals surface area contributed by atoms with E-state index in [-0.39, 0.29) is 4.90 Å². The first-order chi connectivity index (χ1) is 9.70. The molecule has 112 valence electrons. The molecule has 2 rings (SSSR count). The van der Waals surface area contributed by atoms with E-state index in [2.05, 4.69) is 4.72 Å². The van der Waals surface area contributed by atoms with E-state index in [1.807, 2.05) is 33.8 Å². The van der Waals surface area contributed by atoms with E-state index < -0.39 is 10.0 Å². The van der Waals surface area contributed by atoms with E-state index in [0.29, 0.717) is 11.4 Å². The molecule has 0 atom stereocenters. The molecule has 3 N–H and O–H groups in total. The van der Waals surface area contributed by atoms with Crippen molar-refractivity contribution >= 4 is 21.4 Å². The van der Waals surface area contributed by atoms with Gasteiger partial charge in [0, 0.05) is 5.69 Å². The number of hydrogen-bond acceptors (Lipinski definition) is 3. The largest absolute Gasteiger partial charge is 0.398 e. The van der Waals surface area contributed by atoms with Gasteiger partial charge in [-0.25, -0.2) is 8.42 Å². The van der Waals surface area contributed by atoms with Crippen LogP contribution in [0.1, 0.15) is 22.3 Å². The zero-order valence-corrected chi connectivity index (χ0v) is 13.5. The Morgan fingerprint density at radius 2 is 1.52 bits per heavy atom. The summed E-state index contributed by atoms with van der Waals surface area (Å²) in [7, 11) is -3.61. The van der Waals surface area contributed by atoms with Gasteiger partial charge in [0.25, 0.3) is 10.0 Å². The number of anilines is 2. The van der Waals surface area contributed by atoms with Gasteiger partial charge in [0.2, 0.25) is 0 Å². The van der Waals surface area contributed by atoms with E-state index in [9.17, 15) is 8.42 Å². The Kier molecular flexibility index (Phi) is 3.96. The summed E-state index contributed by atoms with van der Waals surface area (Å²) in [5, 5.41) is 0. The zero-order valence-electron chi connectivity index (χ0n) is 12.7. The van der Waals surface area contributed by atoms with Crippen LogP contribution in [-0.4, -0.2) is 8.42 Å². The number of nitrogens with two attached hydrogens (primary N) is 1. The van der Waals surface area contributed by atoms with Crippen LogP contribution in [0.15, 0.2) is 35.2 Å². The molecule has 4 nitrogen and oxygen atoms in total. The number of nitrogen functional groups attached to an aromatic ring is 1. The third kappa shape index (κ3) is 3.19. The van der Waals surface area contributed by atoms with Crippen molar-refractivity contribution in [2.75, 3.05) is 10.5 Å². The second kappa shape index (κ2) is 5.41. The second-order valence-corrected chi connectivity index (χ2v) is 7.06. The molecule has 0 fully saturated rings. The van der Waals surface area contributed by atoms with Gasteiger partial charge in [0.05, 0.1) is 10.6 Å². The molecule has 0 aromatic heterocycles. The van der Waals surface area contributed by atoms with E-state index in [4.69, 9.17) is 5.73 Å². The Bertz CT molecular complexity index is 796. The molecule has 0 amide bonds. The molecule has 0 spiro atoms. The van der Waals surface area contributed by atoms with Crippen LogP contribution in [-0.2, 0) is 10.0 Å². The van der Waals surface area contributed by atoms with Crippen LogP contribution in [0.3, 0.4) is 0 Å². The lowest BCUT2D eigenvalue weighted by Crippen LogP contribution is -2.14. The number of sulfonamides is 1. The fraction of sp³-hybridized carbons (Fsp3) is 0.250. The van der Waals surface area contributed by atoms with Crippen molar-refractivity contribution < 1.29 is 8.42 Å². The highest BCUT2D eigenvalue weighted by molar-refractivity contribution is 7.92. The summed E-state index contributed by atoms with van der Waals surface area (Å²) in [5.74, 6) is 0. The molecule has 0 saturated carbocycles. The third-order valence-corrected chi connectivity index (χ3v) is 5.01. The fourth-order valence-electron chi connectivity index (χ4n) is 2.06. The van der Waals surface area contributed by atoms with E-state index in [0.717, 1.165) is 22.3 Å². The van der Waals surface area contributed by atoms with Crippen LogP contribution in [0.2, 0.25) is 0 Å². The molecule has 5 heteroatoms. The average molecular weight is 304 g/mol. The molecule has 0 radical (unpaired) electrons. The Hall–Kier alpha value is -2.01. The maximum Gasteiger partial charge on any atom is 0.261 e. The van der Waals surface area contributed by atoms with Gasteiger partial charge in [-0.15, -0.1) is 0 Å². The number of benzene rings is 2. The van der Waals surface area contributed by atoms with Crippen molar-refractivity contribution in [3.05, 3.63) is 52.6 Å². The summed E-state index contributed by atoms with van der Waals surface area (Å²) in [4.78, 5) is 0.254. The summed E-state index contributed by atoms with van der Waals surface area (Å²) in [6.45, 7) is 7.59. The summed E-state index contributed by atoms with van der Waals surface area (Å²) >= 11 is 0. The van der Waals surface area contributed by atoms with E-state index >= 15 is 0 Å². The van der Waals surface area contributed by atoms with E-state index in [1.165, 1.54) is 0 Å². The lowest BCUT2D eigenvalue weighted by atomic mass is 10.1. The monoisotopic (exact) mass is 304 g/mol. The normalized spacial score (nSPS) is 11.4. The molecule has 0 saturated heterocycles. The Labute approximate surface area is 126 Å². The number of rotatable bonds is 3. The molecule has 0 heterocycles. The predicted molar refractivity (Wildman–Crippen MR) is 87.1 cm³/mol. The predicted octanol–water partition coefficient (Wildman–Crippen LogP) is 3.30. The molecular weight excluding hydrogens is 284 g/mol. The zero-order chi connectivity index (χ0) is 15.8. The van der Waals surface area contributed by atoms with Crippen molar-refractivity contribution in [1.29, 1.82) is 0 Å². The fourth-order valence-corrected chi connectivity index (χ4v) is 3.27. The number of nitrogens with one attached hydrogen (secondary N) is 1. The average Bonchev–Trinajstić information content (AvgIpc) is 2.39. The highest BCUT2D eigenvalue weighted by Crippen LogP contribution is 2.25. The lowest BCUT2D eigenvalue weighted by Gasteiger charge is -2.13. The molecule has 2 aromatic carbocycles. The highest BCUT2D eigenvalue weighted by Gasteiger charge is 2.16. The van der Waals surface area contributed by atoms with Gasteiger partial charge in [0.1, 0.15) is 0 Å². The Balaban J connectivity index is 2.42. The SMILES string of the molecule is Cc1ccc(S(=O)(=O)Nc2cc(N)c(C)cc2C)cc1C. The molecule has 0 bridgehead atoms. The first kappa shape index (κ1) is 15.4. The van der Waals surface area contributed by atoms with Crippen LogP contribution < -0.4 is 10.5 Å². The summed E-state index contributed by atoms with van der Waals surface area (Å²) in [5.41, 5.74) is 10.7. The standard InChI is InChI=1S/C16H20N2O2S/c1-10-5-6-14(8-11(10)2)21(19,20)18-16-9-15(17)12(3)7-13(16)4/h5-9,18H,17H2,1-4H3. The third-order valence-electron chi connectivity index (χ3n) is 3.65. The van der Waals surface area contributed by atoms with Crippen molar-refractivity contribution in [2.24, 2.45) is 0 Å². The first-order valence-electron chi connectivity index (χ1n) is 6.67. The van der Waals surface area contributed by atoms with Gasteiger partial charge in [0.15, 0.2) is 0 Å². The summed E-state index contributed by atoms with van der Waals surface area (Å²) < 4.78 is 27.5. The van der Waals surface area contributed by atoms with Crippen molar-refractivity contribution in [2.45, 2.75) is 32.6 Å². The minimum Gasteiger partial charge on any atom is -0.398 e. The molecule has 2 aromatic rings. The molecule has 0 aliphatic heterocycles. The minimum absolute atomic E-state index is 0.254. The molecule has 21 heavy (non-hydrogen) atoms. The molecule has 0 aliphatic rings. The molecule has 0 aliphatic carbocycles. The lowest BCUT2D eigenvalue weighted by molar-refractivity contribution is 0.601. The van der Waals surface area contributed by atoms with E-state index in [1.54, 1.807) is 24.3 Å². The maximum absolute atomic E-state index is 12.5. The number of aryl methyl sites for hydroxylation is 4. The smallest absolute Gasteiger partial charge is 0.261 e. The Morgan fingerprint density at radius 1 is 0.857 bits per heavy atom. The van der Waals surface area contributed by atoms with Gasteiger partial charge < -0.3 is 5.73 Å². The summed E-state index contributed by atoms with van der Waals surface area (Å²) in [6.07, 6.45) is 0. The van der Waals surface area contributed by atoms with Crippen LogP contribution >= 0.6 is 0 Å². The van der Waals surface area contributed by atoms with Crippen molar-refractivity contribution in [1.82, 2.24) is 0 Å². The molecular formula is C16H20N2O2S. The van der Waals surface area contributed by atoms with Gasteiger partial charge in [-0.3, -0.25) is 4.72 Å². The minimum atomic E-state index is -3.61. The topological polar surface area (TPSA) is 72.2 Å². The second-order valence-electron chi connectivity index (χ2n) is 5.38. The summed E-state index contributed by atoms with van der Waals surface area (Å²) in [6, 6.07) is 8.61. The van der Waals surface area contributed by atoms with Crippen LogP contribution in [0.25, 0.3) is 0 Å². The van der Waals surface area contributed by atoms with Gasteiger partial charge in [-0.05, 0) is 68.1 Å². The van der Waals surface area contributed by atoms with Gasteiger partial charge in [-0.2, -0.15) is 0 Å². The molecule has 0 unspecified atom stereocenters. The number of hydrogen-bond donors (Lipinski definition) is 2.